The molecule has 1 unspecified atom stereocenters. The van der Waals surface area contributed by atoms with E-state index in [9.17, 15) is 9.59 Å². The fourth-order valence-electron chi connectivity index (χ4n) is 2.67. The monoisotopic (exact) mass is 287 g/mol. The molecule has 0 bridgehead atoms. The molecular weight excluding hydrogens is 266 g/mol. The lowest BCUT2D eigenvalue weighted by atomic mass is 9.66. The number of benzene rings is 1. The minimum absolute atomic E-state index is 0.0349. The van der Waals surface area contributed by atoms with Crippen LogP contribution in [0.2, 0.25) is 0 Å². The first kappa shape index (κ1) is 15.3. The van der Waals surface area contributed by atoms with Crippen LogP contribution in [0.3, 0.4) is 0 Å². The van der Waals surface area contributed by atoms with Crippen LogP contribution < -0.4 is 5.32 Å². The Hall–Kier alpha value is -2.10. The number of anilines is 1. The third-order valence-electron chi connectivity index (χ3n) is 4.37. The van der Waals surface area contributed by atoms with Crippen molar-refractivity contribution in [1.82, 2.24) is 0 Å². The standard InChI is InChI=1S/C17H21NO3/c1-3-9-17(10-4-11-17)16(21)18-14-7-5-13(6-8-14)12(2)15(19)20/h3,5-8,12H,1,4,9-11H2,2H3,(H,18,21)(H,19,20). The number of hydrogen-bond donors (Lipinski definition) is 2. The summed E-state index contributed by atoms with van der Waals surface area (Å²) in [7, 11) is 0. The van der Waals surface area contributed by atoms with Crippen molar-refractivity contribution in [3.63, 3.8) is 0 Å². The first-order chi connectivity index (χ1) is 9.98. The van der Waals surface area contributed by atoms with Crippen molar-refractivity contribution < 1.29 is 14.7 Å². The number of carbonyl (C=O) groups excluding carboxylic acids is 1. The van der Waals surface area contributed by atoms with Crippen LogP contribution in [0.4, 0.5) is 5.69 Å². The van der Waals surface area contributed by atoms with Gasteiger partial charge in [0.15, 0.2) is 0 Å². The lowest BCUT2D eigenvalue weighted by Crippen LogP contribution is -2.41. The van der Waals surface area contributed by atoms with Crippen molar-refractivity contribution in [1.29, 1.82) is 0 Å². The number of nitrogens with one attached hydrogen (secondary N) is 1. The largest absolute Gasteiger partial charge is 0.481 e. The van der Waals surface area contributed by atoms with Gasteiger partial charge in [-0.3, -0.25) is 9.59 Å². The summed E-state index contributed by atoms with van der Waals surface area (Å²) in [6, 6.07) is 7.00. The summed E-state index contributed by atoms with van der Waals surface area (Å²) < 4.78 is 0. The SMILES string of the molecule is C=CCC1(C(=O)Nc2ccc(C(C)C(=O)O)cc2)CCC1. The van der Waals surface area contributed by atoms with E-state index in [0.717, 1.165) is 24.8 Å². The summed E-state index contributed by atoms with van der Waals surface area (Å²) in [6.07, 6.45) is 5.39. The Bertz CT molecular complexity index is 544. The quantitative estimate of drug-likeness (QED) is 0.786. The number of hydrogen-bond acceptors (Lipinski definition) is 2. The minimum atomic E-state index is -0.855. The molecule has 2 rings (SSSR count). The molecule has 1 amide bonds. The lowest BCUT2D eigenvalue weighted by molar-refractivity contribution is -0.138. The molecule has 21 heavy (non-hydrogen) atoms. The molecule has 1 fully saturated rings. The molecule has 2 N–H and O–H groups in total. The van der Waals surface area contributed by atoms with Gasteiger partial charge < -0.3 is 10.4 Å². The van der Waals surface area contributed by atoms with E-state index in [4.69, 9.17) is 5.11 Å². The molecule has 1 saturated carbocycles. The molecule has 1 aromatic rings. The fourth-order valence-corrected chi connectivity index (χ4v) is 2.67. The maximum atomic E-state index is 12.4. The molecule has 0 aliphatic heterocycles. The van der Waals surface area contributed by atoms with E-state index in [1.807, 2.05) is 0 Å². The van der Waals surface area contributed by atoms with Crippen molar-refractivity contribution in [3.05, 3.63) is 42.5 Å². The maximum Gasteiger partial charge on any atom is 0.310 e. The van der Waals surface area contributed by atoms with Gasteiger partial charge in [-0.15, -0.1) is 6.58 Å². The van der Waals surface area contributed by atoms with Crippen LogP contribution in [0, 0.1) is 5.41 Å². The zero-order valence-corrected chi connectivity index (χ0v) is 12.3. The molecule has 1 aromatic carbocycles. The van der Waals surface area contributed by atoms with Gasteiger partial charge in [0.1, 0.15) is 0 Å². The van der Waals surface area contributed by atoms with Crippen LogP contribution in [-0.4, -0.2) is 17.0 Å². The second-order valence-corrected chi connectivity index (χ2v) is 5.76. The molecule has 1 aliphatic carbocycles. The van der Waals surface area contributed by atoms with Crippen LogP contribution in [0.25, 0.3) is 0 Å². The summed E-state index contributed by atoms with van der Waals surface area (Å²) >= 11 is 0. The zero-order chi connectivity index (χ0) is 15.5. The fraction of sp³-hybridized carbons (Fsp3) is 0.412. The maximum absolute atomic E-state index is 12.4. The first-order valence-electron chi connectivity index (χ1n) is 7.24. The summed E-state index contributed by atoms with van der Waals surface area (Å²) in [6.45, 7) is 5.37. The highest BCUT2D eigenvalue weighted by Gasteiger charge is 2.42. The van der Waals surface area contributed by atoms with Gasteiger partial charge in [-0.25, -0.2) is 0 Å². The van der Waals surface area contributed by atoms with E-state index >= 15 is 0 Å². The van der Waals surface area contributed by atoms with Gasteiger partial charge in [0.05, 0.1) is 11.3 Å². The van der Waals surface area contributed by atoms with Gasteiger partial charge in [-0.1, -0.05) is 24.6 Å². The van der Waals surface area contributed by atoms with E-state index in [-0.39, 0.29) is 11.3 Å². The van der Waals surface area contributed by atoms with Gasteiger partial charge >= 0.3 is 5.97 Å². The first-order valence-corrected chi connectivity index (χ1v) is 7.24. The molecule has 0 heterocycles. The predicted molar refractivity (Wildman–Crippen MR) is 82.2 cm³/mol. The lowest BCUT2D eigenvalue weighted by Gasteiger charge is -2.39. The molecule has 0 aromatic heterocycles. The third kappa shape index (κ3) is 3.15. The smallest absolute Gasteiger partial charge is 0.310 e. The molecule has 4 nitrogen and oxygen atoms in total. The Morgan fingerprint density at radius 1 is 1.38 bits per heavy atom. The van der Waals surface area contributed by atoms with Gasteiger partial charge in [-0.05, 0) is 43.9 Å². The number of allylic oxidation sites excluding steroid dienone is 1. The van der Waals surface area contributed by atoms with Crippen LogP contribution >= 0.6 is 0 Å². The highest BCUT2D eigenvalue weighted by molar-refractivity contribution is 5.96. The number of carboxylic acid groups (broad SMARTS) is 1. The van der Waals surface area contributed by atoms with Crippen molar-refractivity contribution in [2.24, 2.45) is 5.41 Å². The topological polar surface area (TPSA) is 66.4 Å². The van der Waals surface area contributed by atoms with Gasteiger partial charge in [-0.2, -0.15) is 0 Å². The van der Waals surface area contributed by atoms with Crippen molar-refractivity contribution in [2.75, 3.05) is 5.32 Å². The van der Waals surface area contributed by atoms with E-state index in [1.54, 1.807) is 37.3 Å². The zero-order valence-electron chi connectivity index (χ0n) is 12.3. The minimum Gasteiger partial charge on any atom is -0.481 e. The number of carboxylic acids is 1. The van der Waals surface area contributed by atoms with E-state index in [0.29, 0.717) is 12.1 Å². The van der Waals surface area contributed by atoms with Crippen LogP contribution in [-0.2, 0) is 9.59 Å². The molecule has 4 heteroatoms. The van der Waals surface area contributed by atoms with Crippen molar-refractivity contribution in [2.45, 2.75) is 38.5 Å². The number of carbonyl (C=O) groups is 2. The Kier molecular flexibility index (Phi) is 4.46. The molecule has 112 valence electrons. The van der Waals surface area contributed by atoms with Crippen LogP contribution in [0.1, 0.15) is 44.1 Å². The number of amides is 1. The highest BCUT2D eigenvalue weighted by atomic mass is 16.4. The third-order valence-corrected chi connectivity index (χ3v) is 4.37. The molecule has 0 spiro atoms. The van der Waals surface area contributed by atoms with E-state index in [2.05, 4.69) is 11.9 Å². The Morgan fingerprint density at radius 2 is 2.00 bits per heavy atom. The number of rotatable bonds is 6. The second kappa shape index (κ2) is 6.12. The van der Waals surface area contributed by atoms with E-state index in [1.165, 1.54) is 0 Å². The molecule has 1 atom stereocenters. The van der Waals surface area contributed by atoms with Gasteiger partial charge in [0.25, 0.3) is 0 Å². The summed E-state index contributed by atoms with van der Waals surface area (Å²) in [5.74, 6) is -1.37. The number of aliphatic carboxylic acids is 1. The highest BCUT2D eigenvalue weighted by Crippen LogP contribution is 2.45. The predicted octanol–water partition coefficient (Wildman–Crippen LogP) is 3.56. The Labute approximate surface area is 124 Å². The van der Waals surface area contributed by atoms with Crippen LogP contribution in [0.15, 0.2) is 36.9 Å². The summed E-state index contributed by atoms with van der Waals surface area (Å²) in [4.78, 5) is 23.3. The summed E-state index contributed by atoms with van der Waals surface area (Å²) in [5.41, 5.74) is 1.14. The van der Waals surface area contributed by atoms with Gasteiger partial charge in [0, 0.05) is 5.69 Å². The van der Waals surface area contributed by atoms with Crippen molar-refractivity contribution in [3.8, 4) is 0 Å². The summed E-state index contributed by atoms with van der Waals surface area (Å²) in [5, 5.41) is 11.9. The van der Waals surface area contributed by atoms with Gasteiger partial charge in [0.2, 0.25) is 5.91 Å². The second-order valence-electron chi connectivity index (χ2n) is 5.76. The van der Waals surface area contributed by atoms with Crippen molar-refractivity contribution >= 4 is 17.6 Å². The average molecular weight is 287 g/mol. The average Bonchev–Trinajstić information content (AvgIpc) is 2.42. The molecular formula is C17H21NO3. The molecule has 1 aliphatic rings. The normalized spacial score (nSPS) is 17.4. The van der Waals surface area contributed by atoms with E-state index < -0.39 is 11.9 Å². The Balaban J connectivity index is 2.05. The van der Waals surface area contributed by atoms with Crippen LogP contribution in [0.5, 0.6) is 0 Å². The molecule has 0 radical (unpaired) electrons. The Morgan fingerprint density at radius 3 is 2.43 bits per heavy atom. The molecule has 0 saturated heterocycles.